The van der Waals surface area contributed by atoms with Crippen LogP contribution in [0.4, 0.5) is 0 Å². The largest absolute Gasteiger partial charge is 0.343 e. The van der Waals surface area contributed by atoms with E-state index in [0.717, 1.165) is 38.5 Å². The Labute approximate surface area is 105 Å². The van der Waals surface area contributed by atoms with Crippen LogP contribution in [-0.4, -0.2) is 37.0 Å². The fourth-order valence-corrected chi connectivity index (χ4v) is 3.05. The Hall–Kier alpha value is -0.570. The van der Waals surface area contributed by atoms with Gasteiger partial charge in [-0.15, -0.1) is 0 Å². The third kappa shape index (κ3) is 3.70. The highest BCUT2D eigenvalue weighted by molar-refractivity contribution is 5.76. The molecule has 0 aromatic rings. The Bertz CT molecular complexity index is 241. The van der Waals surface area contributed by atoms with Crippen molar-refractivity contribution < 1.29 is 4.79 Å². The van der Waals surface area contributed by atoms with E-state index >= 15 is 0 Å². The molecule has 17 heavy (non-hydrogen) atoms. The maximum Gasteiger partial charge on any atom is 0.222 e. The van der Waals surface area contributed by atoms with E-state index in [2.05, 4.69) is 17.1 Å². The summed E-state index contributed by atoms with van der Waals surface area (Å²) in [7, 11) is 0. The first-order valence-electron chi connectivity index (χ1n) is 7.28. The van der Waals surface area contributed by atoms with Crippen LogP contribution in [0.5, 0.6) is 0 Å². The summed E-state index contributed by atoms with van der Waals surface area (Å²) >= 11 is 0. The van der Waals surface area contributed by atoms with Gasteiger partial charge in [0.05, 0.1) is 0 Å². The number of nitrogens with zero attached hydrogens (tertiary/aromatic N) is 1. The topological polar surface area (TPSA) is 32.3 Å². The number of hydrogen-bond acceptors (Lipinski definition) is 2. The summed E-state index contributed by atoms with van der Waals surface area (Å²) in [5.41, 5.74) is 0. The Balaban J connectivity index is 1.72. The average Bonchev–Trinajstić information content (AvgIpc) is 2.40. The molecule has 3 nitrogen and oxygen atoms in total. The number of nitrogens with one attached hydrogen (secondary N) is 1. The first kappa shape index (κ1) is 12.9. The molecule has 0 atom stereocenters. The van der Waals surface area contributed by atoms with Crippen LogP contribution in [-0.2, 0) is 4.79 Å². The Kier molecular flexibility index (Phi) is 4.84. The van der Waals surface area contributed by atoms with Crippen molar-refractivity contribution in [2.24, 2.45) is 11.8 Å². The van der Waals surface area contributed by atoms with Crippen molar-refractivity contribution in [2.45, 2.75) is 45.4 Å². The summed E-state index contributed by atoms with van der Waals surface area (Å²) in [4.78, 5) is 14.3. The second kappa shape index (κ2) is 6.39. The normalized spacial score (nSPS) is 23.9. The van der Waals surface area contributed by atoms with E-state index in [1.54, 1.807) is 0 Å². The van der Waals surface area contributed by atoms with E-state index in [0.29, 0.717) is 11.8 Å². The van der Waals surface area contributed by atoms with Crippen LogP contribution in [0.1, 0.15) is 45.4 Å². The van der Waals surface area contributed by atoms with E-state index in [-0.39, 0.29) is 0 Å². The van der Waals surface area contributed by atoms with Gasteiger partial charge >= 0.3 is 0 Å². The second-order valence-electron chi connectivity index (χ2n) is 5.63. The summed E-state index contributed by atoms with van der Waals surface area (Å²) in [6, 6.07) is 0. The molecular weight excluding hydrogens is 212 g/mol. The van der Waals surface area contributed by atoms with Gasteiger partial charge in [0, 0.05) is 19.5 Å². The summed E-state index contributed by atoms with van der Waals surface area (Å²) in [6.07, 6.45) is 6.85. The minimum absolute atomic E-state index is 0.409. The van der Waals surface area contributed by atoms with Gasteiger partial charge in [0.25, 0.3) is 0 Å². The minimum Gasteiger partial charge on any atom is -0.343 e. The predicted molar refractivity (Wildman–Crippen MR) is 69.8 cm³/mol. The van der Waals surface area contributed by atoms with Gasteiger partial charge in [-0.25, -0.2) is 0 Å². The van der Waals surface area contributed by atoms with Gasteiger partial charge in [-0.3, -0.25) is 4.79 Å². The molecular formula is C14H26N2O. The number of piperidine rings is 2. The third-order valence-corrected chi connectivity index (χ3v) is 4.47. The maximum atomic E-state index is 12.2. The number of carbonyl (C=O) groups excluding carboxylic acids is 1. The first-order chi connectivity index (χ1) is 8.29. The number of amides is 1. The monoisotopic (exact) mass is 238 g/mol. The van der Waals surface area contributed by atoms with Crippen molar-refractivity contribution in [2.75, 3.05) is 26.2 Å². The van der Waals surface area contributed by atoms with Gasteiger partial charge in [0.2, 0.25) is 5.91 Å². The lowest BCUT2D eigenvalue weighted by Gasteiger charge is -2.33. The quantitative estimate of drug-likeness (QED) is 0.816. The van der Waals surface area contributed by atoms with Crippen LogP contribution in [0.2, 0.25) is 0 Å². The van der Waals surface area contributed by atoms with Crippen molar-refractivity contribution in [3.8, 4) is 0 Å². The molecule has 0 spiro atoms. The lowest BCUT2D eigenvalue weighted by Crippen LogP contribution is -2.40. The van der Waals surface area contributed by atoms with Gasteiger partial charge < -0.3 is 10.2 Å². The van der Waals surface area contributed by atoms with Crippen molar-refractivity contribution >= 4 is 5.91 Å². The third-order valence-electron chi connectivity index (χ3n) is 4.47. The van der Waals surface area contributed by atoms with E-state index in [9.17, 15) is 4.79 Å². The molecule has 2 rings (SSSR count). The molecule has 0 unspecified atom stereocenters. The molecule has 2 saturated heterocycles. The second-order valence-corrected chi connectivity index (χ2v) is 5.63. The molecule has 2 fully saturated rings. The molecule has 2 heterocycles. The summed E-state index contributed by atoms with van der Waals surface area (Å²) < 4.78 is 0. The first-order valence-corrected chi connectivity index (χ1v) is 7.28. The predicted octanol–water partition coefficient (Wildman–Crippen LogP) is 2.02. The standard InChI is InChI=1S/C14H26N2O/c1-2-12-5-9-16(10-6-12)14(17)11-13-3-7-15-8-4-13/h12-13,15H,2-11H2,1H3. The van der Waals surface area contributed by atoms with Gasteiger partial charge in [0.15, 0.2) is 0 Å². The molecule has 0 radical (unpaired) electrons. The zero-order valence-corrected chi connectivity index (χ0v) is 11.1. The molecule has 3 heteroatoms. The van der Waals surface area contributed by atoms with Gasteiger partial charge in [0.1, 0.15) is 0 Å². The van der Waals surface area contributed by atoms with Crippen LogP contribution in [0.25, 0.3) is 0 Å². The van der Waals surface area contributed by atoms with Crippen LogP contribution in [0.3, 0.4) is 0 Å². The van der Waals surface area contributed by atoms with E-state index in [4.69, 9.17) is 0 Å². The van der Waals surface area contributed by atoms with Gasteiger partial charge in [-0.1, -0.05) is 13.3 Å². The van der Waals surface area contributed by atoms with E-state index in [1.165, 1.54) is 32.1 Å². The molecule has 0 aromatic carbocycles. The molecule has 1 amide bonds. The Morgan fingerprint density at radius 3 is 2.35 bits per heavy atom. The van der Waals surface area contributed by atoms with E-state index in [1.807, 2.05) is 0 Å². The van der Waals surface area contributed by atoms with Gasteiger partial charge in [-0.2, -0.15) is 0 Å². The number of likely N-dealkylation sites (tertiary alicyclic amines) is 1. The fourth-order valence-electron chi connectivity index (χ4n) is 3.05. The Morgan fingerprint density at radius 1 is 1.12 bits per heavy atom. The molecule has 98 valence electrons. The highest BCUT2D eigenvalue weighted by Crippen LogP contribution is 2.23. The highest BCUT2D eigenvalue weighted by Gasteiger charge is 2.24. The lowest BCUT2D eigenvalue weighted by atomic mass is 9.91. The van der Waals surface area contributed by atoms with Crippen LogP contribution in [0.15, 0.2) is 0 Å². The number of hydrogen-bond donors (Lipinski definition) is 1. The average molecular weight is 238 g/mol. The molecule has 2 aliphatic heterocycles. The molecule has 0 bridgehead atoms. The van der Waals surface area contributed by atoms with Crippen molar-refractivity contribution in [3.63, 3.8) is 0 Å². The highest BCUT2D eigenvalue weighted by atomic mass is 16.2. The van der Waals surface area contributed by atoms with Gasteiger partial charge in [-0.05, 0) is 50.6 Å². The zero-order valence-electron chi connectivity index (χ0n) is 11.1. The van der Waals surface area contributed by atoms with Crippen molar-refractivity contribution in [1.82, 2.24) is 10.2 Å². The van der Waals surface area contributed by atoms with Crippen LogP contribution >= 0.6 is 0 Å². The SMILES string of the molecule is CCC1CCN(C(=O)CC2CCNCC2)CC1. The Morgan fingerprint density at radius 2 is 1.76 bits per heavy atom. The fraction of sp³-hybridized carbons (Fsp3) is 0.929. The smallest absolute Gasteiger partial charge is 0.222 e. The molecule has 0 saturated carbocycles. The summed E-state index contributed by atoms with van der Waals surface area (Å²) in [6.45, 7) is 6.45. The lowest BCUT2D eigenvalue weighted by molar-refractivity contribution is -0.133. The summed E-state index contributed by atoms with van der Waals surface area (Å²) in [5, 5.41) is 3.36. The van der Waals surface area contributed by atoms with E-state index < -0.39 is 0 Å². The zero-order chi connectivity index (χ0) is 12.1. The maximum absolute atomic E-state index is 12.2. The van der Waals surface area contributed by atoms with Crippen molar-refractivity contribution in [1.29, 1.82) is 0 Å². The molecule has 0 aromatic heterocycles. The summed E-state index contributed by atoms with van der Waals surface area (Å²) in [5.74, 6) is 1.90. The minimum atomic E-state index is 0.409. The number of carbonyl (C=O) groups is 1. The molecule has 1 N–H and O–H groups in total. The van der Waals surface area contributed by atoms with Crippen LogP contribution < -0.4 is 5.32 Å². The molecule has 0 aliphatic carbocycles. The number of rotatable bonds is 3. The van der Waals surface area contributed by atoms with Crippen LogP contribution in [0, 0.1) is 11.8 Å². The molecule has 2 aliphatic rings. The van der Waals surface area contributed by atoms with Crippen molar-refractivity contribution in [3.05, 3.63) is 0 Å².